The normalized spacial score (nSPS) is 23.0. The van der Waals surface area contributed by atoms with Crippen molar-refractivity contribution in [1.29, 1.82) is 0 Å². The van der Waals surface area contributed by atoms with Gasteiger partial charge in [-0.25, -0.2) is 8.61 Å². The molecule has 0 spiro atoms. The smallest absolute Gasteiger partial charge is 0.306 e. The molecule has 4 amide bonds. The first-order chi connectivity index (χ1) is 12.3. The zero-order valence-corrected chi connectivity index (χ0v) is 15.6. The molecule has 2 aliphatic heterocycles. The Morgan fingerprint density at radius 2 is 1.19 bits per heavy atom. The second kappa shape index (κ2) is 8.54. The Kier molecular flexibility index (Phi) is 6.64. The van der Waals surface area contributed by atoms with Crippen LogP contribution in [0.2, 0.25) is 0 Å². The van der Waals surface area contributed by atoms with E-state index in [1.54, 1.807) is 13.8 Å². The lowest BCUT2D eigenvalue weighted by Gasteiger charge is -2.16. The van der Waals surface area contributed by atoms with E-state index in [0.29, 0.717) is 22.0 Å². The predicted octanol–water partition coefficient (Wildman–Crippen LogP) is 0.359. The highest BCUT2D eigenvalue weighted by Crippen LogP contribution is 2.38. The molecule has 2 heterocycles. The zero-order chi connectivity index (χ0) is 19.4. The van der Waals surface area contributed by atoms with Gasteiger partial charge in [0.1, 0.15) is 0 Å². The number of hydrogen-bond acceptors (Lipinski definition) is 10. The Morgan fingerprint density at radius 3 is 1.50 bits per heavy atom. The molecule has 2 rings (SSSR count). The van der Waals surface area contributed by atoms with E-state index < -0.39 is 47.8 Å². The Hall–Kier alpha value is -2.08. The molecular weight excluding hydrogens is 388 g/mol. The van der Waals surface area contributed by atoms with Crippen LogP contribution in [0.3, 0.4) is 0 Å². The average molecular weight is 404 g/mol. The summed E-state index contributed by atoms with van der Waals surface area (Å²) in [6, 6.07) is 0. The van der Waals surface area contributed by atoms with Crippen LogP contribution in [0.5, 0.6) is 0 Å². The summed E-state index contributed by atoms with van der Waals surface area (Å²) in [5, 5.41) is 0. The molecule has 2 atom stereocenters. The molecular formula is C14H16N2O8S2. The van der Waals surface area contributed by atoms with Crippen molar-refractivity contribution in [3.05, 3.63) is 0 Å². The van der Waals surface area contributed by atoms with Gasteiger partial charge in [-0.05, 0) is 0 Å². The van der Waals surface area contributed by atoms with Crippen molar-refractivity contribution in [1.82, 2.24) is 8.61 Å². The van der Waals surface area contributed by atoms with E-state index in [9.17, 15) is 28.8 Å². The Bertz CT molecular complexity index is 611. The van der Waals surface area contributed by atoms with Crippen LogP contribution in [0.15, 0.2) is 0 Å². The molecule has 0 radical (unpaired) electrons. The van der Waals surface area contributed by atoms with Gasteiger partial charge in [-0.1, -0.05) is 13.8 Å². The van der Waals surface area contributed by atoms with Gasteiger partial charge in [0.2, 0.25) is 11.8 Å². The maximum Gasteiger partial charge on any atom is 0.306 e. The second-order valence-electron chi connectivity index (χ2n) is 5.27. The van der Waals surface area contributed by atoms with Gasteiger partial charge in [0.15, 0.2) is 12.2 Å². The molecule has 2 unspecified atom stereocenters. The fourth-order valence-corrected chi connectivity index (χ4v) is 4.23. The molecule has 0 N–H and O–H groups in total. The van der Waals surface area contributed by atoms with Crippen molar-refractivity contribution in [3.63, 3.8) is 0 Å². The molecule has 0 aliphatic carbocycles. The fourth-order valence-electron chi connectivity index (χ4n) is 2.06. The molecule has 0 saturated carbocycles. The summed E-state index contributed by atoms with van der Waals surface area (Å²) in [7, 11) is 1.15. The van der Waals surface area contributed by atoms with Gasteiger partial charge in [0.05, 0.1) is 34.8 Å². The number of hydrogen-bond donors (Lipinski definition) is 0. The first-order valence-corrected chi connectivity index (χ1v) is 9.82. The first-order valence-electron chi connectivity index (χ1n) is 7.75. The highest BCUT2D eigenvalue weighted by atomic mass is 33.1. The number of ether oxygens (including phenoxy) is 2. The molecule has 0 aromatic carbocycles. The quantitative estimate of drug-likeness (QED) is 0.254. The number of esters is 2. The minimum Gasteiger partial charge on any atom is -0.452 e. The highest BCUT2D eigenvalue weighted by Gasteiger charge is 2.46. The van der Waals surface area contributed by atoms with Gasteiger partial charge in [0, 0.05) is 12.8 Å². The third kappa shape index (κ3) is 4.36. The summed E-state index contributed by atoms with van der Waals surface area (Å²) in [6.45, 7) is 3.11. The Morgan fingerprint density at radius 1 is 0.846 bits per heavy atom. The maximum absolute atomic E-state index is 12.1. The van der Waals surface area contributed by atoms with Crippen LogP contribution >= 0.6 is 22.0 Å². The monoisotopic (exact) mass is 404 g/mol. The van der Waals surface area contributed by atoms with E-state index >= 15 is 0 Å². The van der Waals surface area contributed by atoms with E-state index in [4.69, 9.17) is 9.47 Å². The van der Waals surface area contributed by atoms with Crippen molar-refractivity contribution in [3.8, 4) is 0 Å². The van der Waals surface area contributed by atoms with Crippen molar-refractivity contribution in [2.75, 3.05) is 0 Å². The molecule has 142 valence electrons. The number of carbonyl (C=O) groups is 6. The van der Waals surface area contributed by atoms with Crippen LogP contribution in [0.25, 0.3) is 0 Å². The number of carbonyl (C=O) groups excluding carboxylic acids is 6. The van der Waals surface area contributed by atoms with E-state index in [-0.39, 0.29) is 25.7 Å². The van der Waals surface area contributed by atoms with Crippen molar-refractivity contribution in [2.45, 2.75) is 51.7 Å². The summed E-state index contributed by atoms with van der Waals surface area (Å²) in [6.07, 6.45) is -2.87. The standard InChI is InChI=1S/C14H16N2O8S2/c1-3-11(19)23-7-5-9(17)15(13(7)21)25-26-16-10(18)6-8(14(16)22)24-12(20)4-2/h7-8H,3-6H2,1-2H3. The summed E-state index contributed by atoms with van der Waals surface area (Å²) in [5.74, 6) is -3.89. The number of amides is 4. The van der Waals surface area contributed by atoms with Gasteiger partial charge >= 0.3 is 11.9 Å². The molecule has 2 fully saturated rings. The predicted molar refractivity (Wildman–Crippen MR) is 88.5 cm³/mol. The minimum absolute atomic E-state index is 0.0640. The fraction of sp³-hybridized carbons (Fsp3) is 0.571. The summed E-state index contributed by atoms with van der Waals surface area (Å²) in [4.78, 5) is 70.6. The summed E-state index contributed by atoms with van der Waals surface area (Å²) < 4.78 is 11.2. The molecule has 12 heteroatoms. The first kappa shape index (κ1) is 20.2. The number of rotatable bonds is 7. The number of imide groups is 2. The molecule has 26 heavy (non-hydrogen) atoms. The van der Waals surface area contributed by atoms with Crippen molar-refractivity contribution >= 4 is 57.5 Å². The van der Waals surface area contributed by atoms with Crippen molar-refractivity contribution < 1.29 is 38.2 Å². The topological polar surface area (TPSA) is 127 Å². The molecule has 10 nitrogen and oxygen atoms in total. The molecule has 0 aromatic heterocycles. The van der Waals surface area contributed by atoms with Crippen LogP contribution in [0.4, 0.5) is 0 Å². The van der Waals surface area contributed by atoms with Crippen LogP contribution in [-0.4, -0.2) is 56.4 Å². The average Bonchev–Trinajstić information content (AvgIpc) is 3.02. The Balaban J connectivity index is 1.93. The summed E-state index contributed by atoms with van der Waals surface area (Å²) in [5.41, 5.74) is 0. The zero-order valence-electron chi connectivity index (χ0n) is 14.0. The lowest BCUT2D eigenvalue weighted by Crippen LogP contribution is -2.31. The summed E-state index contributed by atoms with van der Waals surface area (Å²) >= 11 is 0. The van der Waals surface area contributed by atoms with E-state index in [1.807, 2.05) is 0 Å². The van der Waals surface area contributed by atoms with Gasteiger partial charge in [0.25, 0.3) is 11.8 Å². The Labute approximate surface area is 156 Å². The third-order valence-electron chi connectivity index (χ3n) is 3.43. The van der Waals surface area contributed by atoms with Crippen LogP contribution in [0, 0.1) is 0 Å². The molecule has 0 aromatic rings. The SMILES string of the molecule is CCC(=O)OC1CC(=O)N(SSN2C(=O)CC(OC(=O)CC)C2=O)C1=O. The van der Waals surface area contributed by atoms with Crippen LogP contribution in [0.1, 0.15) is 39.5 Å². The minimum atomic E-state index is -1.20. The molecule has 2 saturated heterocycles. The van der Waals surface area contributed by atoms with Gasteiger partial charge in [-0.15, -0.1) is 0 Å². The highest BCUT2D eigenvalue weighted by molar-refractivity contribution is 8.75. The van der Waals surface area contributed by atoms with Gasteiger partial charge in [-0.2, -0.15) is 0 Å². The van der Waals surface area contributed by atoms with E-state index in [1.165, 1.54) is 0 Å². The lowest BCUT2D eigenvalue weighted by molar-refractivity contribution is -0.154. The van der Waals surface area contributed by atoms with E-state index in [0.717, 1.165) is 8.61 Å². The van der Waals surface area contributed by atoms with Crippen LogP contribution < -0.4 is 0 Å². The lowest BCUT2D eigenvalue weighted by atomic mass is 10.3. The molecule has 0 bridgehead atoms. The van der Waals surface area contributed by atoms with Gasteiger partial charge < -0.3 is 9.47 Å². The maximum atomic E-state index is 12.1. The number of nitrogens with zero attached hydrogens (tertiary/aromatic N) is 2. The third-order valence-corrected chi connectivity index (χ3v) is 5.66. The molecule has 2 aliphatic rings. The van der Waals surface area contributed by atoms with Crippen molar-refractivity contribution in [2.24, 2.45) is 0 Å². The van der Waals surface area contributed by atoms with Gasteiger partial charge in [-0.3, -0.25) is 28.8 Å². The second-order valence-corrected chi connectivity index (χ2v) is 7.20. The van der Waals surface area contributed by atoms with E-state index in [2.05, 4.69) is 0 Å². The largest absolute Gasteiger partial charge is 0.452 e. The van der Waals surface area contributed by atoms with Crippen LogP contribution in [-0.2, 0) is 38.2 Å².